The maximum absolute atomic E-state index is 12.4. The third kappa shape index (κ3) is 6.97. The molecule has 0 saturated heterocycles. The fraction of sp³-hybridized carbons (Fsp3) is 0.818. The summed E-state index contributed by atoms with van der Waals surface area (Å²) < 4.78 is 6.68. The van der Waals surface area contributed by atoms with Crippen molar-refractivity contribution in [1.29, 1.82) is 0 Å². The molecule has 3 heteroatoms. The molecule has 0 bridgehead atoms. The van der Waals surface area contributed by atoms with Crippen molar-refractivity contribution in [3.05, 3.63) is 24.8 Å². The van der Waals surface area contributed by atoms with Gasteiger partial charge >= 0.3 is 0 Å². The van der Waals surface area contributed by atoms with Gasteiger partial charge in [0, 0.05) is 13.0 Å². The lowest BCUT2D eigenvalue weighted by Gasteiger charge is -2.55. The highest BCUT2D eigenvalue weighted by molar-refractivity contribution is 6.74. The Morgan fingerprint density at radius 1 is 1.19 bits per heavy atom. The van der Waals surface area contributed by atoms with Crippen LogP contribution < -0.4 is 0 Å². The number of rotatable bonds is 12. The van der Waals surface area contributed by atoms with Gasteiger partial charge in [-0.05, 0) is 104 Å². The van der Waals surface area contributed by atoms with Crippen molar-refractivity contribution in [2.45, 2.75) is 124 Å². The summed E-state index contributed by atoms with van der Waals surface area (Å²) in [6.07, 6.45) is 20.4. The fourth-order valence-electron chi connectivity index (χ4n) is 7.31. The SMILES string of the molecule is C#CCC(CC=CC(C)C)C[C@@H]1CC[C@@]2(C)C(CC[C@@H]2[C@H](C)CO[Si](C)(C)C(C)(C)C)[C@]1(O)CC=C. The molecule has 2 fully saturated rings. The third-order valence-corrected chi connectivity index (χ3v) is 14.9. The maximum Gasteiger partial charge on any atom is 0.191 e. The molecule has 0 spiro atoms. The molecule has 0 aromatic carbocycles. The van der Waals surface area contributed by atoms with E-state index in [4.69, 9.17) is 10.8 Å². The van der Waals surface area contributed by atoms with Crippen molar-refractivity contribution in [3.63, 3.8) is 0 Å². The molecule has 2 saturated carbocycles. The van der Waals surface area contributed by atoms with Gasteiger partial charge in [0.1, 0.15) is 0 Å². The molecule has 0 amide bonds. The van der Waals surface area contributed by atoms with Crippen LogP contribution in [0, 0.1) is 53.3 Å². The molecule has 206 valence electrons. The van der Waals surface area contributed by atoms with Gasteiger partial charge in [0.05, 0.1) is 5.60 Å². The predicted molar refractivity (Wildman–Crippen MR) is 159 cm³/mol. The van der Waals surface area contributed by atoms with E-state index in [0.29, 0.717) is 36.0 Å². The van der Waals surface area contributed by atoms with Crippen molar-refractivity contribution in [2.75, 3.05) is 6.61 Å². The zero-order valence-electron chi connectivity index (χ0n) is 25.2. The van der Waals surface area contributed by atoms with Gasteiger partial charge in [-0.2, -0.15) is 0 Å². The fourth-order valence-corrected chi connectivity index (χ4v) is 8.42. The predicted octanol–water partition coefficient (Wildman–Crippen LogP) is 9.03. The van der Waals surface area contributed by atoms with Gasteiger partial charge in [0.15, 0.2) is 8.32 Å². The molecule has 2 rings (SSSR count). The molecular weight excluding hydrogens is 456 g/mol. The Kier molecular flexibility index (Phi) is 10.8. The van der Waals surface area contributed by atoms with Gasteiger partial charge in [-0.15, -0.1) is 18.9 Å². The van der Waals surface area contributed by atoms with E-state index in [0.717, 1.165) is 38.7 Å². The summed E-state index contributed by atoms with van der Waals surface area (Å²) in [6, 6.07) is 0. The molecule has 0 radical (unpaired) electrons. The normalized spacial score (nSPS) is 32.9. The van der Waals surface area contributed by atoms with Gasteiger partial charge in [-0.25, -0.2) is 0 Å². The molecule has 2 aliphatic rings. The van der Waals surface area contributed by atoms with Gasteiger partial charge < -0.3 is 9.53 Å². The molecule has 0 aromatic rings. The van der Waals surface area contributed by atoms with Crippen molar-refractivity contribution < 1.29 is 9.53 Å². The third-order valence-electron chi connectivity index (χ3n) is 10.4. The van der Waals surface area contributed by atoms with Crippen molar-refractivity contribution in [2.24, 2.45) is 40.9 Å². The average molecular weight is 515 g/mol. The average Bonchev–Trinajstić information content (AvgIpc) is 3.12. The zero-order valence-corrected chi connectivity index (χ0v) is 26.2. The minimum Gasteiger partial charge on any atom is -0.417 e. The van der Waals surface area contributed by atoms with Crippen LogP contribution in [0.2, 0.25) is 18.1 Å². The van der Waals surface area contributed by atoms with E-state index in [9.17, 15) is 5.11 Å². The summed E-state index contributed by atoms with van der Waals surface area (Å²) in [6.45, 7) is 25.9. The number of fused-ring (bicyclic) bond motifs is 1. The highest BCUT2D eigenvalue weighted by atomic mass is 28.4. The lowest BCUT2D eigenvalue weighted by molar-refractivity contribution is -0.151. The van der Waals surface area contributed by atoms with Crippen molar-refractivity contribution >= 4 is 8.32 Å². The first-order valence-electron chi connectivity index (χ1n) is 14.7. The van der Waals surface area contributed by atoms with E-state index < -0.39 is 13.9 Å². The summed E-state index contributed by atoms with van der Waals surface area (Å²) in [5.74, 6) is 5.63. The van der Waals surface area contributed by atoms with E-state index in [1.807, 2.05) is 6.08 Å². The molecular formula is C33H58O2Si. The first-order chi connectivity index (χ1) is 16.6. The Balaban J connectivity index is 2.20. The summed E-state index contributed by atoms with van der Waals surface area (Å²) >= 11 is 0. The summed E-state index contributed by atoms with van der Waals surface area (Å²) in [5, 5.41) is 12.6. The van der Waals surface area contributed by atoms with Crippen LogP contribution in [0.1, 0.15) is 99.8 Å². The number of terminal acetylenes is 1. The summed E-state index contributed by atoms with van der Waals surface area (Å²) in [7, 11) is -1.77. The van der Waals surface area contributed by atoms with E-state index in [2.05, 4.69) is 86.2 Å². The molecule has 7 atom stereocenters. The Bertz CT molecular complexity index is 784. The lowest BCUT2D eigenvalue weighted by Crippen LogP contribution is -2.55. The van der Waals surface area contributed by atoms with Crippen LogP contribution in [-0.4, -0.2) is 25.6 Å². The number of aliphatic hydroxyl groups is 1. The maximum atomic E-state index is 12.4. The first-order valence-corrected chi connectivity index (χ1v) is 17.6. The quantitative estimate of drug-likeness (QED) is 0.160. The number of hydrogen-bond acceptors (Lipinski definition) is 2. The molecule has 2 nitrogen and oxygen atoms in total. The van der Waals surface area contributed by atoms with E-state index >= 15 is 0 Å². The summed E-state index contributed by atoms with van der Waals surface area (Å²) in [5.41, 5.74) is -0.526. The van der Waals surface area contributed by atoms with Crippen LogP contribution in [0.3, 0.4) is 0 Å². The molecule has 1 N–H and O–H groups in total. The molecule has 0 aliphatic heterocycles. The van der Waals surface area contributed by atoms with Gasteiger partial charge in [-0.3, -0.25) is 0 Å². The Labute approximate surface area is 225 Å². The highest BCUT2D eigenvalue weighted by Crippen LogP contribution is 2.63. The molecule has 36 heavy (non-hydrogen) atoms. The Hall–Kier alpha value is -0.823. The van der Waals surface area contributed by atoms with Crippen LogP contribution in [0.5, 0.6) is 0 Å². The van der Waals surface area contributed by atoms with E-state index in [1.165, 1.54) is 12.8 Å². The second-order valence-corrected chi connectivity index (χ2v) is 19.2. The Morgan fingerprint density at radius 3 is 2.42 bits per heavy atom. The van der Waals surface area contributed by atoms with Crippen molar-refractivity contribution in [1.82, 2.24) is 0 Å². The van der Waals surface area contributed by atoms with Gasteiger partial charge in [-0.1, -0.05) is 66.7 Å². The monoisotopic (exact) mass is 514 g/mol. The standard InChI is InChI=1S/C33H58O2Si/c1-12-15-27(17-14-16-25(3)4)23-28-20-22-32(9)29(18-19-30(32)33(28,34)21-13-2)26(5)24-35-36(10,11)31(6,7)8/h1,13-14,16,25-30,34H,2,15,17-24H2,3-11H3/t26-,27?,28+,29-,30?,32-,33+/m1/s1. The van der Waals surface area contributed by atoms with Crippen LogP contribution in [0.15, 0.2) is 24.8 Å². The molecule has 0 heterocycles. The van der Waals surface area contributed by atoms with Crippen molar-refractivity contribution in [3.8, 4) is 12.3 Å². The second-order valence-electron chi connectivity index (χ2n) is 14.4. The summed E-state index contributed by atoms with van der Waals surface area (Å²) in [4.78, 5) is 0. The second kappa shape index (κ2) is 12.4. The van der Waals surface area contributed by atoms with E-state index in [-0.39, 0.29) is 16.4 Å². The largest absolute Gasteiger partial charge is 0.417 e. The van der Waals surface area contributed by atoms with Crippen LogP contribution in [0.4, 0.5) is 0 Å². The molecule has 2 unspecified atom stereocenters. The number of allylic oxidation sites excluding steroid dienone is 2. The minimum absolute atomic E-state index is 0.156. The number of hydrogen-bond donors (Lipinski definition) is 1. The topological polar surface area (TPSA) is 29.5 Å². The Morgan fingerprint density at radius 2 is 1.86 bits per heavy atom. The van der Waals surface area contributed by atoms with Crippen LogP contribution in [0.25, 0.3) is 0 Å². The molecule has 2 aliphatic carbocycles. The lowest BCUT2D eigenvalue weighted by atomic mass is 9.53. The van der Waals surface area contributed by atoms with E-state index in [1.54, 1.807) is 0 Å². The van der Waals surface area contributed by atoms with Crippen LogP contribution >= 0.6 is 0 Å². The zero-order chi connectivity index (χ0) is 27.4. The smallest absolute Gasteiger partial charge is 0.191 e. The molecule has 0 aromatic heterocycles. The van der Waals surface area contributed by atoms with Crippen LogP contribution in [-0.2, 0) is 4.43 Å². The first kappa shape index (κ1) is 31.4. The highest BCUT2D eigenvalue weighted by Gasteiger charge is 2.60. The van der Waals surface area contributed by atoms with Gasteiger partial charge in [0.2, 0.25) is 0 Å². The minimum atomic E-state index is -1.77. The van der Waals surface area contributed by atoms with Gasteiger partial charge in [0.25, 0.3) is 0 Å².